The van der Waals surface area contributed by atoms with E-state index < -0.39 is 0 Å². The van der Waals surface area contributed by atoms with Crippen LogP contribution in [0.1, 0.15) is 43.1 Å². The van der Waals surface area contributed by atoms with Crippen LogP contribution in [0.15, 0.2) is 23.4 Å². The molecule has 2 fully saturated rings. The normalized spacial score (nSPS) is 23.1. The van der Waals surface area contributed by atoms with Gasteiger partial charge in [0.15, 0.2) is 11.6 Å². The molecular weight excluding hydrogens is 394 g/mol. The van der Waals surface area contributed by atoms with Crippen molar-refractivity contribution in [2.24, 2.45) is 0 Å². The van der Waals surface area contributed by atoms with Crippen molar-refractivity contribution >= 4 is 17.5 Å². The molecule has 1 aromatic rings. The Kier molecular flexibility index (Phi) is 5.73. The lowest BCUT2D eigenvalue weighted by Gasteiger charge is -2.43. The van der Waals surface area contributed by atoms with Gasteiger partial charge in [-0.2, -0.15) is 0 Å². The van der Waals surface area contributed by atoms with Gasteiger partial charge in [-0.15, -0.1) is 10.2 Å². The van der Waals surface area contributed by atoms with Crippen LogP contribution in [0.2, 0.25) is 0 Å². The Morgan fingerprint density at radius 3 is 2.55 bits per heavy atom. The molecule has 5 rings (SSSR count). The number of amides is 1. The molecule has 9 heteroatoms. The molecule has 0 radical (unpaired) electrons. The maximum absolute atomic E-state index is 12.9. The van der Waals surface area contributed by atoms with E-state index in [0.717, 1.165) is 58.3 Å². The number of nitrogens with one attached hydrogen (secondary N) is 1. The highest BCUT2D eigenvalue weighted by Crippen LogP contribution is 2.28. The molecular formula is C22H31N7O2. The molecule has 0 bridgehead atoms. The molecule has 0 spiro atoms. The maximum atomic E-state index is 12.9. The van der Waals surface area contributed by atoms with Crippen molar-refractivity contribution in [2.75, 3.05) is 57.4 Å². The smallest absolute Gasteiger partial charge is 0.236 e. The molecule has 0 unspecified atom stereocenters. The number of ketones is 1. The number of rotatable bonds is 5. The fourth-order valence-corrected chi connectivity index (χ4v) is 4.94. The summed E-state index contributed by atoms with van der Waals surface area (Å²) in [5, 5.41) is 10.2. The van der Waals surface area contributed by atoms with Gasteiger partial charge in [-0.25, -0.2) is 5.43 Å². The van der Waals surface area contributed by atoms with Crippen LogP contribution < -0.4 is 10.4 Å². The standard InChI is InChI=1S/C22H31N7O2/c1-16(30)19-5-6-21(25-24-19)29-20-7-8-26(14-17(20)13-23-29)15-22(31)28-11-9-27(10-12-28)18-3-2-4-18/h5-6,18,23H,2-4,7-15H2,1H3. The second-order valence-electron chi connectivity index (χ2n) is 9.02. The summed E-state index contributed by atoms with van der Waals surface area (Å²) in [4.78, 5) is 31.2. The number of aromatic nitrogens is 2. The number of nitrogens with zero attached hydrogens (tertiary/aromatic N) is 6. The predicted molar refractivity (Wildman–Crippen MR) is 116 cm³/mol. The zero-order chi connectivity index (χ0) is 21.4. The Balaban J connectivity index is 1.15. The summed E-state index contributed by atoms with van der Waals surface area (Å²) in [6.07, 6.45) is 4.88. The molecule has 4 aliphatic rings. The SMILES string of the molecule is CC(=O)c1ccc(N2NCC3=C2CCN(CC(=O)N2CCN(C4CCC4)CC2)C3)nn1. The third-order valence-corrected chi connectivity index (χ3v) is 7.07. The van der Waals surface area contributed by atoms with Crippen LogP contribution in [0.4, 0.5) is 5.82 Å². The van der Waals surface area contributed by atoms with Crippen LogP contribution in [0.3, 0.4) is 0 Å². The number of piperazine rings is 1. The van der Waals surface area contributed by atoms with Gasteiger partial charge >= 0.3 is 0 Å². The Labute approximate surface area is 183 Å². The Morgan fingerprint density at radius 2 is 1.90 bits per heavy atom. The summed E-state index contributed by atoms with van der Waals surface area (Å²) >= 11 is 0. The Morgan fingerprint density at radius 1 is 1.10 bits per heavy atom. The molecule has 0 aromatic carbocycles. The molecule has 1 aromatic heterocycles. The van der Waals surface area contributed by atoms with Crippen LogP contribution in [-0.2, 0) is 4.79 Å². The minimum absolute atomic E-state index is 0.0873. The van der Waals surface area contributed by atoms with Gasteiger partial charge < -0.3 is 4.90 Å². The van der Waals surface area contributed by atoms with E-state index in [9.17, 15) is 9.59 Å². The maximum Gasteiger partial charge on any atom is 0.236 e. The van der Waals surface area contributed by atoms with Crippen molar-refractivity contribution in [1.29, 1.82) is 0 Å². The molecule has 1 saturated heterocycles. The fourth-order valence-electron chi connectivity index (χ4n) is 4.94. The monoisotopic (exact) mass is 425 g/mol. The summed E-state index contributed by atoms with van der Waals surface area (Å²) < 4.78 is 0. The Hall–Kier alpha value is -2.36. The topological polar surface area (TPSA) is 84.9 Å². The number of hydrogen-bond acceptors (Lipinski definition) is 8. The molecule has 31 heavy (non-hydrogen) atoms. The van der Waals surface area contributed by atoms with Gasteiger partial charge in [-0.1, -0.05) is 6.42 Å². The molecule has 1 saturated carbocycles. The highest BCUT2D eigenvalue weighted by molar-refractivity contribution is 5.92. The van der Waals surface area contributed by atoms with Crippen molar-refractivity contribution in [2.45, 2.75) is 38.6 Å². The van der Waals surface area contributed by atoms with E-state index >= 15 is 0 Å². The lowest BCUT2D eigenvalue weighted by atomic mass is 9.91. The van der Waals surface area contributed by atoms with Crippen molar-refractivity contribution in [1.82, 2.24) is 30.3 Å². The van der Waals surface area contributed by atoms with Gasteiger partial charge in [0.1, 0.15) is 5.69 Å². The zero-order valence-electron chi connectivity index (χ0n) is 18.2. The number of anilines is 1. The van der Waals surface area contributed by atoms with Crippen LogP contribution in [0.25, 0.3) is 0 Å². The summed E-state index contributed by atoms with van der Waals surface area (Å²) in [6.45, 7) is 8.15. The minimum atomic E-state index is -0.0873. The molecule has 4 heterocycles. The van der Waals surface area contributed by atoms with Crippen LogP contribution in [-0.4, -0.2) is 95.0 Å². The molecule has 3 aliphatic heterocycles. The first-order valence-electron chi connectivity index (χ1n) is 11.4. The summed E-state index contributed by atoms with van der Waals surface area (Å²) in [5.74, 6) is 0.866. The van der Waals surface area contributed by atoms with Crippen LogP contribution >= 0.6 is 0 Å². The number of carbonyl (C=O) groups excluding carboxylic acids is 2. The highest BCUT2D eigenvalue weighted by atomic mass is 16.2. The van der Waals surface area contributed by atoms with Crippen molar-refractivity contribution in [3.05, 3.63) is 29.1 Å². The minimum Gasteiger partial charge on any atom is -0.339 e. The first-order chi connectivity index (χ1) is 15.1. The second kappa shape index (κ2) is 8.64. The average Bonchev–Trinajstić information content (AvgIpc) is 3.16. The third-order valence-electron chi connectivity index (χ3n) is 7.07. The zero-order valence-corrected chi connectivity index (χ0v) is 18.2. The predicted octanol–water partition coefficient (Wildman–Crippen LogP) is 0.660. The second-order valence-corrected chi connectivity index (χ2v) is 9.02. The van der Waals surface area contributed by atoms with E-state index in [1.165, 1.54) is 37.5 Å². The van der Waals surface area contributed by atoms with Gasteiger partial charge in [0, 0.05) is 70.9 Å². The van der Waals surface area contributed by atoms with E-state index in [1.807, 2.05) is 16.0 Å². The third kappa shape index (κ3) is 4.22. The molecule has 0 atom stereocenters. The van der Waals surface area contributed by atoms with E-state index in [1.54, 1.807) is 6.07 Å². The van der Waals surface area contributed by atoms with E-state index in [-0.39, 0.29) is 11.7 Å². The van der Waals surface area contributed by atoms with E-state index in [0.29, 0.717) is 18.1 Å². The first-order valence-corrected chi connectivity index (χ1v) is 11.4. The first kappa shape index (κ1) is 20.5. The highest BCUT2D eigenvalue weighted by Gasteiger charge is 2.32. The number of carbonyl (C=O) groups is 2. The molecule has 166 valence electrons. The quantitative estimate of drug-likeness (QED) is 0.689. The number of hydrogen-bond donors (Lipinski definition) is 1. The van der Waals surface area contributed by atoms with Gasteiger partial charge in [-0.3, -0.25) is 24.4 Å². The number of hydrazine groups is 1. The largest absolute Gasteiger partial charge is 0.339 e. The van der Waals surface area contributed by atoms with Crippen molar-refractivity contribution in [3.8, 4) is 0 Å². The lowest BCUT2D eigenvalue weighted by molar-refractivity contribution is -0.134. The van der Waals surface area contributed by atoms with Gasteiger partial charge in [-0.05, 0) is 30.5 Å². The summed E-state index contributed by atoms with van der Waals surface area (Å²) in [7, 11) is 0. The van der Waals surface area contributed by atoms with Gasteiger partial charge in [0.25, 0.3) is 0 Å². The fraction of sp³-hybridized carbons (Fsp3) is 0.636. The van der Waals surface area contributed by atoms with Crippen molar-refractivity contribution in [3.63, 3.8) is 0 Å². The molecule has 9 nitrogen and oxygen atoms in total. The van der Waals surface area contributed by atoms with Crippen molar-refractivity contribution < 1.29 is 9.59 Å². The van der Waals surface area contributed by atoms with Crippen LogP contribution in [0, 0.1) is 0 Å². The molecule has 1 aliphatic carbocycles. The van der Waals surface area contributed by atoms with Crippen LogP contribution in [0.5, 0.6) is 0 Å². The Bertz CT molecular complexity index is 872. The van der Waals surface area contributed by atoms with Gasteiger partial charge in [0.05, 0.1) is 6.54 Å². The summed E-state index contributed by atoms with van der Waals surface area (Å²) in [5.41, 5.74) is 6.25. The molecule has 1 N–H and O–H groups in total. The van der Waals surface area contributed by atoms with E-state index in [4.69, 9.17) is 0 Å². The van der Waals surface area contributed by atoms with E-state index in [2.05, 4.69) is 25.4 Å². The number of Topliss-reactive ketones (excluding diaryl/α,β-unsaturated/α-hetero) is 1. The lowest BCUT2D eigenvalue weighted by Crippen LogP contribution is -2.55. The summed E-state index contributed by atoms with van der Waals surface area (Å²) in [6, 6.07) is 4.31. The average molecular weight is 426 g/mol. The van der Waals surface area contributed by atoms with Gasteiger partial charge in [0.2, 0.25) is 5.91 Å². The molecule has 1 amide bonds.